The largest absolute Gasteiger partial charge is 0.496 e. The minimum atomic E-state index is -0.894. The molecule has 2 rings (SSSR count). The Labute approximate surface area is 72.4 Å². The molecule has 4 heteroatoms. The second kappa shape index (κ2) is 2.25. The van der Waals surface area contributed by atoms with Gasteiger partial charge in [-0.1, -0.05) is 0 Å². The quantitative estimate of drug-likeness (QED) is 0.539. The Hall–Kier alpha value is -0.480. The first kappa shape index (κ1) is 7.18. The highest BCUT2D eigenvalue weighted by Crippen LogP contribution is 2.44. The number of rotatable bonds is 1. The van der Waals surface area contributed by atoms with Crippen LogP contribution in [-0.4, -0.2) is 11.3 Å². The van der Waals surface area contributed by atoms with Gasteiger partial charge in [-0.15, -0.1) is 12.6 Å². The molecule has 11 heavy (non-hydrogen) atoms. The number of thiol groups is 1. The van der Waals surface area contributed by atoms with E-state index in [9.17, 15) is 4.21 Å². The van der Waals surface area contributed by atoms with Crippen LogP contribution in [0.1, 0.15) is 0 Å². The van der Waals surface area contributed by atoms with Crippen molar-refractivity contribution in [1.29, 1.82) is 0 Å². The molecule has 0 amide bonds. The third kappa shape index (κ3) is 0.895. The van der Waals surface area contributed by atoms with Crippen molar-refractivity contribution >= 4 is 23.4 Å². The van der Waals surface area contributed by atoms with Crippen LogP contribution in [0.15, 0.2) is 26.8 Å². The molecular weight excluding hydrogens is 180 g/mol. The van der Waals surface area contributed by atoms with Gasteiger partial charge in [0.05, 0.1) is 32.6 Å². The molecule has 1 unspecified atom stereocenters. The summed E-state index contributed by atoms with van der Waals surface area (Å²) >= 11 is 4.18. The number of benzene rings is 1. The van der Waals surface area contributed by atoms with Crippen molar-refractivity contribution in [3.05, 3.63) is 12.1 Å². The van der Waals surface area contributed by atoms with Gasteiger partial charge < -0.3 is 4.74 Å². The molecule has 0 fully saturated rings. The molecule has 0 aliphatic carbocycles. The summed E-state index contributed by atoms with van der Waals surface area (Å²) in [6.07, 6.45) is 0. The molecule has 1 aliphatic heterocycles. The van der Waals surface area contributed by atoms with Gasteiger partial charge in [-0.25, -0.2) is 4.21 Å². The number of hydrogen-bond donors (Lipinski definition) is 1. The zero-order chi connectivity index (χ0) is 8.01. The SMILES string of the molecule is COc1ccc2c(c1S)S2=O. The molecule has 1 heterocycles. The molecule has 58 valence electrons. The fourth-order valence-corrected chi connectivity index (χ4v) is 2.64. The number of hydrogen-bond acceptors (Lipinski definition) is 3. The van der Waals surface area contributed by atoms with Crippen LogP contribution in [0.25, 0.3) is 0 Å². The summed E-state index contributed by atoms with van der Waals surface area (Å²) in [5.74, 6) is 0.693. The number of fused-ring (bicyclic) bond motifs is 1. The van der Waals surface area contributed by atoms with Gasteiger partial charge in [-0.3, -0.25) is 0 Å². The average molecular weight is 186 g/mol. The van der Waals surface area contributed by atoms with Crippen molar-refractivity contribution in [2.24, 2.45) is 0 Å². The van der Waals surface area contributed by atoms with Crippen molar-refractivity contribution in [1.82, 2.24) is 0 Å². The lowest BCUT2D eigenvalue weighted by molar-refractivity contribution is 0.402. The molecular formula is C7H6O2S2. The van der Waals surface area contributed by atoms with Gasteiger partial charge in [0.25, 0.3) is 0 Å². The normalized spacial score (nSPS) is 19.3. The second-order valence-corrected chi connectivity index (χ2v) is 4.05. The first-order valence-corrected chi connectivity index (χ1v) is 4.67. The topological polar surface area (TPSA) is 26.3 Å². The van der Waals surface area contributed by atoms with Crippen LogP contribution in [0, 0.1) is 0 Å². The first-order valence-electron chi connectivity index (χ1n) is 3.07. The zero-order valence-corrected chi connectivity index (χ0v) is 7.54. The standard InChI is InChI=1S/C7H6O2S2/c1-9-4-2-3-5-7(6(4)10)11(5)8/h2-3,10H,1H3. The van der Waals surface area contributed by atoms with Crippen LogP contribution in [0.4, 0.5) is 0 Å². The van der Waals surface area contributed by atoms with Gasteiger partial charge in [-0.2, -0.15) is 0 Å². The summed E-state index contributed by atoms with van der Waals surface area (Å²) in [4.78, 5) is 2.42. The molecule has 1 aliphatic rings. The Morgan fingerprint density at radius 3 is 2.91 bits per heavy atom. The molecule has 2 nitrogen and oxygen atoms in total. The van der Waals surface area contributed by atoms with Crippen LogP contribution in [0.3, 0.4) is 0 Å². The Morgan fingerprint density at radius 1 is 1.55 bits per heavy atom. The summed E-state index contributed by atoms with van der Waals surface area (Å²) in [5.41, 5.74) is 0. The lowest BCUT2D eigenvalue weighted by atomic mass is 10.3. The van der Waals surface area contributed by atoms with Gasteiger partial charge in [-0.05, 0) is 12.1 Å². The summed E-state index contributed by atoms with van der Waals surface area (Å²) in [6.45, 7) is 0. The van der Waals surface area contributed by atoms with Crippen LogP contribution >= 0.6 is 12.6 Å². The van der Waals surface area contributed by atoms with Crippen molar-refractivity contribution in [2.45, 2.75) is 14.7 Å². The van der Waals surface area contributed by atoms with E-state index in [0.717, 1.165) is 9.79 Å². The maximum absolute atomic E-state index is 11.0. The lowest BCUT2D eigenvalue weighted by Gasteiger charge is -1.98. The van der Waals surface area contributed by atoms with Gasteiger partial charge in [0, 0.05) is 0 Å². The second-order valence-electron chi connectivity index (χ2n) is 2.21. The van der Waals surface area contributed by atoms with Crippen LogP contribution < -0.4 is 4.74 Å². The maximum Gasteiger partial charge on any atom is 0.133 e. The van der Waals surface area contributed by atoms with Crippen molar-refractivity contribution in [2.75, 3.05) is 7.11 Å². The van der Waals surface area contributed by atoms with Crippen molar-refractivity contribution in [3.8, 4) is 5.75 Å². The predicted molar refractivity (Wildman–Crippen MR) is 44.9 cm³/mol. The van der Waals surface area contributed by atoms with Crippen molar-refractivity contribution < 1.29 is 8.95 Å². The Morgan fingerprint density at radius 2 is 2.27 bits per heavy atom. The third-order valence-corrected chi connectivity index (χ3v) is 3.55. The molecule has 0 radical (unpaired) electrons. The minimum Gasteiger partial charge on any atom is -0.496 e. The van der Waals surface area contributed by atoms with Gasteiger partial charge in [0.2, 0.25) is 0 Å². The summed E-state index contributed by atoms with van der Waals surface area (Å²) in [5, 5.41) is 0. The van der Waals surface area contributed by atoms with E-state index in [1.165, 1.54) is 0 Å². The van der Waals surface area contributed by atoms with E-state index in [1.807, 2.05) is 6.07 Å². The lowest BCUT2D eigenvalue weighted by Crippen LogP contribution is -1.82. The number of methoxy groups -OCH3 is 1. The summed E-state index contributed by atoms with van der Waals surface area (Å²) in [7, 11) is 0.682. The summed E-state index contributed by atoms with van der Waals surface area (Å²) < 4.78 is 16.0. The third-order valence-electron chi connectivity index (χ3n) is 1.62. The van der Waals surface area contributed by atoms with E-state index >= 15 is 0 Å². The van der Waals surface area contributed by atoms with Crippen LogP contribution in [-0.2, 0) is 10.8 Å². The van der Waals surface area contributed by atoms with E-state index in [1.54, 1.807) is 13.2 Å². The minimum absolute atomic E-state index is 0.693. The Bertz CT molecular complexity index is 347. The summed E-state index contributed by atoms with van der Waals surface area (Å²) in [6, 6.07) is 3.59. The van der Waals surface area contributed by atoms with Gasteiger partial charge in [0.15, 0.2) is 0 Å². The highest BCUT2D eigenvalue weighted by molar-refractivity contribution is 7.92. The van der Waals surface area contributed by atoms with E-state index in [4.69, 9.17) is 4.74 Å². The smallest absolute Gasteiger partial charge is 0.133 e. The molecule has 0 saturated heterocycles. The average Bonchev–Trinajstić information content (AvgIpc) is 2.64. The maximum atomic E-state index is 11.0. The molecule has 0 bridgehead atoms. The fraction of sp³-hybridized carbons (Fsp3) is 0.143. The fourth-order valence-electron chi connectivity index (χ4n) is 0.995. The zero-order valence-electron chi connectivity index (χ0n) is 5.83. The molecule has 0 N–H and O–H groups in total. The van der Waals surface area contributed by atoms with E-state index < -0.39 is 10.8 Å². The Kier molecular flexibility index (Phi) is 1.47. The predicted octanol–water partition coefficient (Wildman–Crippen LogP) is 1.46. The monoisotopic (exact) mass is 186 g/mol. The molecule has 1 aromatic carbocycles. The van der Waals surface area contributed by atoms with Crippen LogP contribution in [0.2, 0.25) is 0 Å². The molecule has 1 atom stereocenters. The van der Waals surface area contributed by atoms with Gasteiger partial charge in [0.1, 0.15) is 5.75 Å². The molecule has 0 aromatic heterocycles. The molecule has 0 saturated carbocycles. The van der Waals surface area contributed by atoms with Crippen LogP contribution in [0.5, 0.6) is 5.75 Å². The van der Waals surface area contributed by atoms with Crippen molar-refractivity contribution in [3.63, 3.8) is 0 Å². The molecule has 1 aromatic rings. The Balaban J connectivity index is 2.60. The molecule has 0 spiro atoms. The highest BCUT2D eigenvalue weighted by Gasteiger charge is 2.32. The number of ether oxygens (including phenoxy) is 1. The van der Waals surface area contributed by atoms with E-state index in [0.29, 0.717) is 10.6 Å². The van der Waals surface area contributed by atoms with E-state index in [2.05, 4.69) is 12.6 Å². The van der Waals surface area contributed by atoms with E-state index in [-0.39, 0.29) is 0 Å². The van der Waals surface area contributed by atoms with Gasteiger partial charge >= 0.3 is 0 Å². The highest BCUT2D eigenvalue weighted by atomic mass is 32.2. The first-order chi connectivity index (χ1) is 5.25.